The first-order valence-corrected chi connectivity index (χ1v) is 8.82. The van der Waals surface area contributed by atoms with Gasteiger partial charge in [0.1, 0.15) is 5.82 Å². The molecule has 0 aromatic heterocycles. The van der Waals surface area contributed by atoms with E-state index in [4.69, 9.17) is 4.74 Å². The molecule has 4 heteroatoms. The minimum absolute atomic E-state index is 0.238. The second-order valence-corrected chi connectivity index (χ2v) is 7.36. The molecule has 3 nitrogen and oxygen atoms in total. The van der Waals surface area contributed by atoms with Gasteiger partial charge in [0.25, 0.3) is 0 Å². The van der Waals surface area contributed by atoms with Crippen LogP contribution in [0.1, 0.15) is 37.7 Å². The fraction of sp³-hybridized carbons (Fsp3) is 0.632. The molecule has 0 unspecified atom stereocenters. The normalized spacial score (nSPS) is 29.5. The molecule has 2 heterocycles. The fourth-order valence-corrected chi connectivity index (χ4v) is 4.82. The molecule has 3 fully saturated rings. The zero-order valence-electron chi connectivity index (χ0n) is 13.5. The van der Waals surface area contributed by atoms with Crippen molar-refractivity contribution in [3.8, 4) is 0 Å². The topological polar surface area (TPSA) is 29.5 Å². The Morgan fingerprint density at radius 2 is 1.70 bits per heavy atom. The molecule has 1 aromatic rings. The molecule has 1 amide bonds. The van der Waals surface area contributed by atoms with Crippen LogP contribution in [0.25, 0.3) is 0 Å². The summed E-state index contributed by atoms with van der Waals surface area (Å²) in [6.07, 6.45) is 5.24. The van der Waals surface area contributed by atoms with Gasteiger partial charge in [-0.1, -0.05) is 18.6 Å². The summed E-state index contributed by atoms with van der Waals surface area (Å²) in [6.45, 7) is 3.02. The predicted molar refractivity (Wildman–Crippen MR) is 85.5 cm³/mol. The standard InChI is InChI=1S/C19H24FNO2/c20-17-6-4-16(5-7-17)19(8-10-23-11-9-19)18(22)21-12-14-2-1-3-15(14)13-21/h4-7,14-15H,1-3,8-13H2/t14-,15-/m0/s1. The number of rotatable bonds is 2. The van der Waals surface area contributed by atoms with E-state index in [9.17, 15) is 9.18 Å². The van der Waals surface area contributed by atoms with Gasteiger partial charge in [-0.15, -0.1) is 0 Å². The minimum Gasteiger partial charge on any atom is -0.381 e. The summed E-state index contributed by atoms with van der Waals surface area (Å²) >= 11 is 0. The molecule has 3 aliphatic rings. The second kappa shape index (κ2) is 5.90. The average molecular weight is 317 g/mol. The summed E-state index contributed by atoms with van der Waals surface area (Å²) in [5, 5.41) is 0. The van der Waals surface area contributed by atoms with Gasteiger partial charge in [0.15, 0.2) is 0 Å². The van der Waals surface area contributed by atoms with Crippen molar-refractivity contribution in [1.82, 2.24) is 4.90 Å². The molecule has 0 radical (unpaired) electrons. The Morgan fingerprint density at radius 1 is 1.09 bits per heavy atom. The number of hydrogen-bond acceptors (Lipinski definition) is 2. The van der Waals surface area contributed by atoms with Gasteiger partial charge in [-0.3, -0.25) is 4.79 Å². The number of likely N-dealkylation sites (tertiary alicyclic amines) is 1. The molecule has 2 aliphatic heterocycles. The number of amides is 1. The molecular weight excluding hydrogens is 293 g/mol. The molecule has 4 rings (SSSR count). The molecule has 1 saturated carbocycles. The molecule has 1 aliphatic carbocycles. The smallest absolute Gasteiger partial charge is 0.233 e. The third-order valence-corrected chi connectivity index (χ3v) is 6.17. The van der Waals surface area contributed by atoms with Gasteiger partial charge in [-0.05, 0) is 55.2 Å². The van der Waals surface area contributed by atoms with E-state index in [0.717, 1.165) is 18.7 Å². The van der Waals surface area contributed by atoms with Crippen molar-refractivity contribution < 1.29 is 13.9 Å². The Morgan fingerprint density at radius 3 is 2.30 bits per heavy atom. The van der Waals surface area contributed by atoms with Gasteiger partial charge in [0.2, 0.25) is 5.91 Å². The van der Waals surface area contributed by atoms with Crippen LogP contribution in [0.15, 0.2) is 24.3 Å². The summed E-state index contributed by atoms with van der Waals surface area (Å²) < 4.78 is 18.8. The Kier molecular flexibility index (Phi) is 3.88. The summed E-state index contributed by atoms with van der Waals surface area (Å²) in [5.74, 6) is 1.38. The highest BCUT2D eigenvalue weighted by Crippen LogP contribution is 2.42. The van der Waals surface area contributed by atoms with E-state index in [-0.39, 0.29) is 11.7 Å². The van der Waals surface area contributed by atoms with E-state index in [2.05, 4.69) is 4.90 Å². The van der Waals surface area contributed by atoms with Crippen LogP contribution in [0.4, 0.5) is 4.39 Å². The lowest BCUT2D eigenvalue weighted by molar-refractivity contribution is -0.140. The van der Waals surface area contributed by atoms with Gasteiger partial charge >= 0.3 is 0 Å². The second-order valence-electron chi connectivity index (χ2n) is 7.36. The Labute approximate surface area is 136 Å². The van der Waals surface area contributed by atoms with E-state index in [0.29, 0.717) is 37.9 Å². The van der Waals surface area contributed by atoms with E-state index >= 15 is 0 Å². The number of fused-ring (bicyclic) bond motifs is 1. The van der Waals surface area contributed by atoms with Crippen molar-refractivity contribution in [3.63, 3.8) is 0 Å². The first-order valence-electron chi connectivity index (χ1n) is 8.82. The van der Waals surface area contributed by atoms with Crippen LogP contribution in [-0.4, -0.2) is 37.1 Å². The van der Waals surface area contributed by atoms with Gasteiger partial charge in [-0.2, -0.15) is 0 Å². The third-order valence-electron chi connectivity index (χ3n) is 6.17. The van der Waals surface area contributed by atoms with Crippen LogP contribution < -0.4 is 0 Å². The molecule has 0 N–H and O–H groups in total. The lowest BCUT2D eigenvalue weighted by atomic mass is 9.73. The largest absolute Gasteiger partial charge is 0.381 e. The lowest BCUT2D eigenvalue weighted by Crippen LogP contribution is -2.49. The maximum atomic E-state index is 13.4. The van der Waals surface area contributed by atoms with Crippen LogP contribution in [0, 0.1) is 17.7 Å². The number of hydrogen-bond donors (Lipinski definition) is 0. The van der Waals surface area contributed by atoms with Crippen molar-refractivity contribution in [1.29, 1.82) is 0 Å². The van der Waals surface area contributed by atoms with Crippen LogP contribution in [0.5, 0.6) is 0 Å². The number of carbonyl (C=O) groups is 1. The molecule has 124 valence electrons. The van der Waals surface area contributed by atoms with Crippen molar-refractivity contribution >= 4 is 5.91 Å². The van der Waals surface area contributed by atoms with Gasteiger partial charge in [-0.25, -0.2) is 4.39 Å². The number of ether oxygens (including phenoxy) is 1. The maximum Gasteiger partial charge on any atom is 0.233 e. The Balaban J connectivity index is 1.63. The lowest BCUT2D eigenvalue weighted by Gasteiger charge is -2.39. The van der Waals surface area contributed by atoms with E-state index < -0.39 is 5.41 Å². The minimum atomic E-state index is -0.523. The molecule has 0 spiro atoms. The summed E-state index contributed by atoms with van der Waals surface area (Å²) in [5.41, 5.74) is 0.425. The van der Waals surface area contributed by atoms with Gasteiger partial charge in [0, 0.05) is 26.3 Å². The fourth-order valence-electron chi connectivity index (χ4n) is 4.82. The van der Waals surface area contributed by atoms with Crippen LogP contribution >= 0.6 is 0 Å². The Bertz CT molecular complexity index is 568. The first kappa shape index (κ1) is 15.1. The zero-order valence-corrected chi connectivity index (χ0v) is 13.5. The average Bonchev–Trinajstić information content (AvgIpc) is 3.17. The highest BCUT2D eigenvalue weighted by atomic mass is 19.1. The number of halogens is 1. The van der Waals surface area contributed by atoms with Crippen LogP contribution in [0.2, 0.25) is 0 Å². The van der Waals surface area contributed by atoms with Crippen molar-refractivity contribution in [3.05, 3.63) is 35.6 Å². The van der Waals surface area contributed by atoms with E-state index in [1.807, 2.05) is 0 Å². The number of nitrogens with zero attached hydrogens (tertiary/aromatic N) is 1. The SMILES string of the molecule is O=C(N1C[C@@H]2CCC[C@H]2C1)C1(c2ccc(F)cc2)CCOCC1. The predicted octanol–water partition coefficient (Wildman–Crippen LogP) is 3.13. The van der Waals surface area contributed by atoms with E-state index in [1.165, 1.54) is 31.4 Å². The molecule has 2 atom stereocenters. The van der Waals surface area contributed by atoms with Crippen LogP contribution in [-0.2, 0) is 14.9 Å². The summed E-state index contributed by atoms with van der Waals surface area (Å²) in [4.78, 5) is 15.5. The summed E-state index contributed by atoms with van der Waals surface area (Å²) in [7, 11) is 0. The quantitative estimate of drug-likeness (QED) is 0.839. The highest BCUT2D eigenvalue weighted by molar-refractivity contribution is 5.88. The highest BCUT2D eigenvalue weighted by Gasteiger charge is 2.47. The third kappa shape index (κ3) is 2.57. The van der Waals surface area contributed by atoms with Crippen molar-refractivity contribution in [2.75, 3.05) is 26.3 Å². The zero-order chi connectivity index (χ0) is 15.9. The molecule has 2 saturated heterocycles. The molecule has 1 aromatic carbocycles. The monoisotopic (exact) mass is 317 g/mol. The maximum absolute atomic E-state index is 13.4. The first-order chi connectivity index (χ1) is 11.2. The summed E-state index contributed by atoms with van der Waals surface area (Å²) in [6, 6.07) is 6.52. The Hall–Kier alpha value is -1.42. The van der Waals surface area contributed by atoms with Gasteiger partial charge in [0.05, 0.1) is 5.41 Å². The molecule has 0 bridgehead atoms. The molecular formula is C19H24FNO2. The number of carbonyl (C=O) groups excluding carboxylic acids is 1. The van der Waals surface area contributed by atoms with E-state index in [1.54, 1.807) is 12.1 Å². The van der Waals surface area contributed by atoms with Crippen molar-refractivity contribution in [2.45, 2.75) is 37.5 Å². The molecule has 23 heavy (non-hydrogen) atoms. The number of benzene rings is 1. The van der Waals surface area contributed by atoms with Gasteiger partial charge < -0.3 is 9.64 Å². The van der Waals surface area contributed by atoms with Crippen molar-refractivity contribution in [2.24, 2.45) is 11.8 Å². The van der Waals surface area contributed by atoms with Crippen LogP contribution in [0.3, 0.4) is 0 Å².